The average Bonchev–Trinajstić information content (AvgIpc) is 3.67. The first kappa shape index (κ1) is 26.4. The molecular formula is C21H25N10O9P. The zero-order valence-electron chi connectivity index (χ0n) is 21.0. The lowest BCUT2D eigenvalue weighted by Gasteiger charge is -2.25. The SMILES string of the molecule is Nc1nc2c(ncn2[C@@H]2OC3CC[C@H]4[C@@H](O)[C@H](n5cnc6c(N)ncnc65)O[C@@H]4COP(=O)(O)O[C@@H]2[C@@H]3O)c(=O)[nH]1. The van der Waals surface area contributed by atoms with E-state index >= 15 is 0 Å². The summed E-state index contributed by atoms with van der Waals surface area (Å²) in [5.41, 5.74) is 11.6. The zero-order valence-corrected chi connectivity index (χ0v) is 21.9. The Morgan fingerprint density at radius 2 is 1.68 bits per heavy atom. The smallest absolute Gasteiger partial charge is 0.388 e. The van der Waals surface area contributed by atoms with Gasteiger partial charge in [-0.25, -0.2) is 24.5 Å². The van der Waals surface area contributed by atoms with E-state index in [1.54, 1.807) is 0 Å². The Morgan fingerprint density at radius 3 is 2.49 bits per heavy atom. The second-order valence-electron chi connectivity index (χ2n) is 10.0. The van der Waals surface area contributed by atoms with E-state index in [9.17, 15) is 24.5 Å². The number of rotatable bonds is 2. The molecule has 20 heteroatoms. The van der Waals surface area contributed by atoms with Crippen LogP contribution in [0.3, 0.4) is 0 Å². The fraction of sp³-hybridized carbons (Fsp3) is 0.524. The molecule has 0 saturated carbocycles. The number of nitrogens with zero attached hydrogens (tertiary/aromatic N) is 7. The van der Waals surface area contributed by atoms with Gasteiger partial charge in [0.2, 0.25) is 5.95 Å². The highest BCUT2D eigenvalue weighted by molar-refractivity contribution is 7.47. The summed E-state index contributed by atoms with van der Waals surface area (Å²) in [6, 6.07) is 0. The van der Waals surface area contributed by atoms with E-state index in [-0.39, 0.29) is 35.8 Å². The van der Waals surface area contributed by atoms with E-state index in [1.165, 1.54) is 28.1 Å². The largest absolute Gasteiger partial charge is 0.472 e. The van der Waals surface area contributed by atoms with Crippen LogP contribution in [0.1, 0.15) is 25.3 Å². The first-order valence-corrected chi connectivity index (χ1v) is 14.1. The number of anilines is 2. The second-order valence-corrected chi connectivity index (χ2v) is 11.5. The van der Waals surface area contributed by atoms with Crippen molar-refractivity contribution in [3.8, 4) is 0 Å². The van der Waals surface area contributed by atoms with E-state index in [4.69, 9.17) is 30.0 Å². The van der Waals surface area contributed by atoms with Gasteiger partial charge < -0.3 is 36.0 Å². The normalized spacial score (nSPS) is 36.0. The summed E-state index contributed by atoms with van der Waals surface area (Å²) < 4.78 is 38.7. The van der Waals surface area contributed by atoms with E-state index in [0.29, 0.717) is 11.2 Å². The molecule has 4 aromatic rings. The van der Waals surface area contributed by atoms with E-state index in [0.717, 1.165) is 0 Å². The molecule has 2 unspecified atom stereocenters. The lowest BCUT2D eigenvalue weighted by Crippen LogP contribution is -2.34. The van der Waals surface area contributed by atoms with Crippen molar-refractivity contribution in [1.82, 2.24) is 39.0 Å². The van der Waals surface area contributed by atoms with Crippen LogP contribution >= 0.6 is 7.82 Å². The predicted molar refractivity (Wildman–Crippen MR) is 136 cm³/mol. The Labute approximate surface area is 228 Å². The molecule has 8 N–H and O–H groups in total. The van der Waals surface area contributed by atoms with Crippen LogP contribution < -0.4 is 17.0 Å². The van der Waals surface area contributed by atoms with Crippen molar-refractivity contribution in [2.24, 2.45) is 5.92 Å². The maximum atomic E-state index is 13.1. The molecule has 0 aliphatic carbocycles. The van der Waals surface area contributed by atoms with Crippen LogP contribution in [-0.2, 0) is 23.1 Å². The van der Waals surface area contributed by atoms with Crippen molar-refractivity contribution in [2.75, 3.05) is 18.1 Å². The third-order valence-corrected chi connectivity index (χ3v) is 8.65. The Bertz CT molecular complexity index is 1740. The van der Waals surface area contributed by atoms with E-state index in [1.807, 2.05) is 0 Å². The van der Waals surface area contributed by atoms with Crippen molar-refractivity contribution in [3.63, 3.8) is 0 Å². The van der Waals surface area contributed by atoms with Gasteiger partial charge in [-0.3, -0.25) is 28.0 Å². The van der Waals surface area contributed by atoms with E-state index < -0.39 is 68.9 Å². The monoisotopic (exact) mass is 592 g/mol. The molecule has 9 atom stereocenters. The number of aliphatic hydroxyl groups is 2. The zero-order chi connectivity index (χ0) is 28.6. The molecule has 3 aliphatic rings. The third-order valence-electron chi connectivity index (χ3n) is 7.66. The highest BCUT2D eigenvalue weighted by atomic mass is 31.2. The van der Waals surface area contributed by atoms with Gasteiger partial charge in [-0.05, 0) is 12.8 Å². The number of hydrogen-bond donors (Lipinski definition) is 6. The number of aromatic nitrogens is 8. The standard InChI is InChI=1S/C21H25N10O9P/c22-15-10-16(25-4-24-15)30(5-26-10)19-12(32)7-1-2-8-13(33)14(40-41(35,36)37-3-9(7)39-19)20(38-8)31-6-27-11-17(31)28-21(23)29-18(11)34/h4-9,12-14,19-20,32-33H,1-3H2,(H,35,36)(H2,22,24,25)(H3,23,28,29,34)/t7-,8?,9-,12-,13-,14-,19-,20-/m1/s1. The molecule has 3 saturated heterocycles. The minimum absolute atomic E-state index is 0.0259. The summed E-state index contributed by atoms with van der Waals surface area (Å²) in [5.74, 6) is -0.641. The minimum Gasteiger partial charge on any atom is -0.388 e. The molecule has 7 rings (SSSR count). The number of phosphoric ester groups is 1. The van der Waals surface area contributed by atoms with Gasteiger partial charge in [0, 0.05) is 5.92 Å². The van der Waals surface area contributed by atoms with Crippen LogP contribution in [0.4, 0.5) is 11.8 Å². The molecule has 4 aromatic heterocycles. The Morgan fingerprint density at radius 1 is 0.951 bits per heavy atom. The van der Waals surface area contributed by atoms with Crippen molar-refractivity contribution in [3.05, 3.63) is 29.3 Å². The van der Waals surface area contributed by atoms with Crippen LogP contribution in [0.15, 0.2) is 23.8 Å². The van der Waals surface area contributed by atoms with Gasteiger partial charge in [0.05, 0.1) is 31.5 Å². The van der Waals surface area contributed by atoms with Gasteiger partial charge in [0.1, 0.15) is 30.2 Å². The van der Waals surface area contributed by atoms with Crippen LogP contribution in [0.25, 0.3) is 22.3 Å². The third kappa shape index (κ3) is 4.29. The summed E-state index contributed by atoms with van der Waals surface area (Å²) in [5, 5.41) is 22.5. The Balaban J connectivity index is 1.20. The van der Waals surface area contributed by atoms with E-state index in [2.05, 4.69) is 29.9 Å². The molecule has 3 fully saturated rings. The molecule has 41 heavy (non-hydrogen) atoms. The number of nitrogens with one attached hydrogen (secondary N) is 1. The molecule has 19 nitrogen and oxygen atoms in total. The van der Waals surface area contributed by atoms with Crippen LogP contribution in [-0.4, -0.2) is 91.3 Å². The van der Waals surface area contributed by atoms with Crippen molar-refractivity contribution >= 4 is 41.9 Å². The fourth-order valence-corrected chi connectivity index (χ4v) is 6.66. The number of imidazole rings is 2. The lowest BCUT2D eigenvalue weighted by molar-refractivity contribution is -0.0603. The van der Waals surface area contributed by atoms with Gasteiger partial charge in [0.25, 0.3) is 5.56 Å². The summed E-state index contributed by atoms with van der Waals surface area (Å²) in [7, 11) is -4.83. The topological polar surface area (TPSA) is 274 Å². The second kappa shape index (κ2) is 9.50. The maximum absolute atomic E-state index is 13.1. The molecule has 0 radical (unpaired) electrons. The summed E-state index contributed by atoms with van der Waals surface area (Å²) in [4.78, 5) is 45.7. The number of nitrogen functional groups attached to an aromatic ring is 2. The highest BCUT2D eigenvalue weighted by Crippen LogP contribution is 2.52. The number of fused-ring (bicyclic) bond motifs is 5. The maximum Gasteiger partial charge on any atom is 0.472 e. The first-order chi connectivity index (χ1) is 19.6. The quantitative estimate of drug-likeness (QED) is 0.145. The number of hydrogen-bond acceptors (Lipinski definition) is 15. The minimum atomic E-state index is -4.83. The molecule has 0 aromatic carbocycles. The number of aromatic amines is 1. The number of nitrogens with two attached hydrogens (primary N) is 2. The molecular weight excluding hydrogens is 567 g/mol. The molecule has 218 valence electrons. The first-order valence-electron chi connectivity index (χ1n) is 12.6. The van der Waals surface area contributed by atoms with Crippen molar-refractivity contribution in [2.45, 2.75) is 55.8 Å². The van der Waals surface area contributed by atoms with Gasteiger partial charge in [0.15, 0.2) is 35.1 Å². The van der Waals surface area contributed by atoms with Crippen LogP contribution in [0.5, 0.6) is 0 Å². The fourth-order valence-electron chi connectivity index (χ4n) is 5.73. The number of phosphoric acid groups is 1. The Kier molecular flexibility index (Phi) is 6.10. The van der Waals surface area contributed by atoms with Gasteiger partial charge in [-0.1, -0.05) is 0 Å². The number of ether oxygens (including phenoxy) is 2. The molecule has 7 heterocycles. The van der Waals surface area contributed by atoms with Crippen molar-refractivity contribution in [1.29, 1.82) is 0 Å². The lowest BCUT2D eigenvalue weighted by atomic mass is 9.90. The molecule has 3 aliphatic heterocycles. The Hall–Kier alpha value is -3.55. The van der Waals surface area contributed by atoms with Gasteiger partial charge in [-0.2, -0.15) is 4.98 Å². The number of aliphatic hydroxyl groups excluding tert-OH is 2. The van der Waals surface area contributed by atoms with Crippen LogP contribution in [0.2, 0.25) is 0 Å². The van der Waals surface area contributed by atoms with Gasteiger partial charge >= 0.3 is 7.82 Å². The molecule has 2 bridgehead atoms. The number of H-pyrrole nitrogens is 1. The van der Waals surface area contributed by atoms with Crippen LogP contribution in [0, 0.1) is 5.92 Å². The summed E-state index contributed by atoms with van der Waals surface area (Å²) in [6.45, 7) is -0.407. The highest BCUT2D eigenvalue weighted by Gasteiger charge is 2.52. The average molecular weight is 592 g/mol. The van der Waals surface area contributed by atoms with Gasteiger partial charge in [-0.15, -0.1) is 0 Å². The summed E-state index contributed by atoms with van der Waals surface area (Å²) >= 11 is 0. The summed E-state index contributed by atoms with van der Waals surface area (Å²) in [6.07, 6.45) is -3.50. The molecule has 0 spiro atoms. The predicted octanol–water partition coefficient (Wildman–Crippen LogP) is -1.45. The van der Waals surface area contributed by atoms with Crippen molar-refractivity contribution < 1.29 is 38.2 Å². The molecule has 0 amide bonds.